The van der Waals surface area contributed by atoms with Crippen LogP contribution in [0.15, 0.2) is 30.5 Å². The van der Waals surface area contributed by atoms with Crippen LogP contribution >= 0.6 is 0 Å². The van der Waals surface area contributed by atoms with Gasteiger partial charge in [-0.25, -0.2) is 18.6 Å². The Morgan fingerprint density at radius 2 is 2.00 bits per heavy atom. The SMILES string of the molecule is O=C(Nc1nc(OCc2ccc(F)cc2)ncc1F)OCCO. The number of benzene rings is 1. The van der Waals surface area contributed by atoms with Gasteiger partial charge in [0.25, 0.3) is 0 Å². The van der Waals surface area contributed by atoms with E-state index in [1.54, 1.807) is 0 Å². The van der Waals surface area contributed by atoms with Gasteiger partial charge in [0, 0.05) is 0 Å². The maximum atomic E-state index is 13.5. The molecule has 0 saturated heterocycles. The van der Waals surface area contributed by atoms with Gasteiger partial charge in [0.1, 0.15) is 19.0 Å². The molecule has 0 radical (unpaired) electrons. The van der Waals surface area contributed by atoms with E-state index < -0.39 is 17.7 Å². The summed E-state index contributed by atoms with van der Waals surface area (Å²) < 4.78 is 36.1. The van der Waals surface area contributed by atoms with Crippen molar-refractivity contribution in [2.24, 2.45) is 0 Å². The van der Waals surface area contributed by atoms with Gasteiger partial charge >= 0.3 is 12.1 Å². The van der Waals surface area contributed by atoms with E-state index in [2.05, 4.69) is 20.0 Å². The number of rotatable bonds is 6. The van der Waals surface area contributed by atoms with E-state index in [0.29, 0.717) is 5.56 Å². The summed E-state index contributed by atoms with van der Waals surface area (Å²) in [5.74, 6) is -1.67. The molecule has 2 aromatic rings. The molecule has 0 aliphatic heterocycles. The van der Waals surface area contributed by atoms with E-state index in [1.165, 1.54) is 24.3 Å². The number of aliphatic hydroxyl groups excluding tert-OH is 1. The van der Waals surface area contributed by atoms with Gasteiger partial charge in [0.15, 0.2) is 11.6 Å². The standard InChI is InChI=1S/C14H13F2N3O4/c15-10-3-1-9(2-4-10)8-23-13-17-7-11(16)12(18-13)19-14(21)22-6-5-20/h1-4,7,20H,5-6,8H2,(H,17,18,19,21). The Balaban J connectivity index is 1.98. The zero-order chi connectivity index (χ0) is 16.7. The Morgan fingerprint density at radius 3 is 2.70 bits per heavy atom. The molecule has 0 atom stereocenters. The summed E-state index contributed by atoms with van der Waals surface area (Å²) in [7, 11) is 0. The van der Waals surface area contributed by atoms with Crippen molar-refractivity contribution in [1.29, 1.82) is 0 Å². The molecule has 0 fully saturated rings. The van der Waals surface area contributed by atoms with Gasteiger partial charge in [-0.1, -0.05) is 12.1 Å². The molecule has 1 aromatic carbocycles. The monoisotopic (exact) mass is 325 g/mol. The molecule has 0 spiro atoms. The lowest BCUT2D eigenvalue weighted by molar-refractivity contribution is 0.131. The maximum Gasteiger partial charge on any atom is 0.412 e. The molecule has 9 heteroatoms. The first-order valence-electron chi connectivity index (χ1n) is 6.53. The first-order chi connectivity index (χ1) is 11.1. The normalized spacial score (nSPS) is 10.2. The molecule has 1 heterocycles. The minimum atomic E-state index is -0.971. The molecule has 0 bridgehead atoms. The molecule has 23 heavy (non-hydrogen) atoms. The predicted molar refractivity (Wildman–Crippen MR) is 74.8 cm³/mol. The van der Waals surface area contributed by atoms with Crippen molar-refractivity contribution in [3.63, 3.8) is 0 Å². The fraction of sp³-hybridized carbons (Fsp3) is 0.214. The first kappa shape index (κ1) is 16.6. The topological polar surface area (TPSA) is 93.6 Å². The number of hydrogen-bond acceptors (Lipinski definition) is 6. The van der Waals surface area contributed by atoms with Gasteiger partial charge in [0.05, 0.1) is 12.8 Å². The largest absolute Gasteiger partial charge is 0.459 e. The predicted octanol–water partition coefficient (Wildman–Crippen LogP) is 1.87. The molecule has 0 aliphatic carbocycles. The number of carbonyl (C=O) groups excluding carboxylic acids is 1. The van der Waals surface area contributed by atoms with E-state index in [4.69, 9.17) is 9.84 Å². The summed E-state index contributed by atoms with van der Waals surface area (Å²) in [4.78, 5) is 18.6. The van der Waals surface area contributed by atoms with E-state index in [9.17, 15) is 13.6 Å². The first-order valence-corrected chi connectivity index (χ1v) is 6.53. The Kier molecular flexibility index (Phi) is 5.75. The highest BCUT2D eigenvalue weighted by Gasteiger charge is 2.12. The number of halogens is 2. The van der Waals surface area contributed by atoms with Crippen molar-refractivity contribution in [3.05, 3.63) is 47.7 Å². The second kappa shape index (κ2) is 7.99. The fourth-order valence-electron chi connectivity index (χ4n) is 1.51. The van der Waals surface area contributed by atoms with Crippen LogP contribution in [0.4, 0.5) is 19.4 Å². The number of aliphatic hydroxyl groups is 1. The van der Waals surface area contributed by atoms with Crippen molar-refractivity contribution in [2.75, 3.05) is 18.5 Å². The Labute approximate surface area is 129 Å². The summed E-state index contributed by atoms with van der Waals surface area (Å²) in [6, 6.07) is 5.41. The number of amides is 1. The number of aromatic nitrogens is 2. The van der Waals surface area contributed by atoms with Crippen LogP contribution in [0, 0.1) is 11.6 Å². The lowest BCUT2D eigenvalue weighted by atomic mass is 10.2. The molecular weight excluding hydrogens is 312 g/mol. The minimum absolute atomic E-state index is 0.0420. The summed E-state index contributed by atoms with van der Waals surface area (Å²) >= 11 is 0. The molecular formula is C14H13F2N3O4. The van der Waals surface area contributed by atoms with Crippen LogP contribution in [-0.4, -0.2) is 34.4 Å². The molecule has 1 amide bonds. The molecule has 7 nitrogen and oxygen atoms in total. The third-order valence-electron chi connectivity index (χ3n) is 2.55. The number of nitrogens with one attached hydrogen (secondary N) is 1. The van der Waals surface area contributed by atoms with E-state index >= 15 is 0 Å². The van der Waals surface area contributed by atoms with Crippen LogP contribution in [0.2, 0.25) is 0 Å². The van der Waals surface area contributed by atoms with Crippen molar-refractivity contribution in [2.45, 2.75) is 6.61 Å². The Hall–Kier alpha value is -2.81. The number of hydrogen-bond donors (Lipinski definition) is 2. The molecule has 0 aliphatic rings. The third-order valence-corrected chi connectivity index (χ3v) is 2.55. The van der Waals surface area contributed by atoms with Gasteiger partial charge in [-0.15, -0.1) is 0 Å². The average Bonchev–Trinajstić information content (AvgIpc) is 2.55. The molecule has 0 saturated carbocycles. The number of carbonyl (C=O) groups is 1. The highest BCUT2D eigenvalue weighted by atomic mass is 19.1. The summed E-state index contributed by atoms with van der Waals surface area (Å²) in [6.45, 7) is -0.543. The lowest BCUT2D eigenvalue weighted by Gasteiger charge is -2.08. The summed E-state index contributed by atoms with van der Waals surface area (Å²) in [5.41, 5.74) is 0.663. The molecule has 0 unspecified atom stereocenters. The second-order valence-electron chi connectivity index (χ2n) is 4.25. The second-order valence-corrected chi connectivity index (χ2v) is 4.25. The molecule has 2 rings (SSSR count). The van der Waals surface area contributed by atoms with Crippen molar-refractivity contribution < 1.29 is 28.2 Å². The highest BCUT2D eigenvalue weighted by Crippen LogP contribution is 2.15. The van der Waals surface area contributed by atoms with Crippen LogP contribution in [-0.2, 0) is 11.3 Å². The minimum Gasteiger partial charge on any atom is -0.459 e. The van der Waals surface area contributed by atoms with Gasteiger partial charge in [0.2, 0.25) is 0 Å². The van der Waals surface area contributed by atoms with E-state index in [-0.39, 0.29) is 31.6 Å². The number of ether oxygens (including phenoxy) is 2. The third kappa shape index (κ3) is 5.15. The Bertz CT molecular complexity index is 668. The molecule has 2 N–H and O–H groups in total. The zero-order valence-electron chi connectivity index (χ0n) is 11.8. The Morgan fingerprint density at radius 1 is 1.26 bits per heavy atom. The van der Waals surface area contributed by atoms with Crippen LogP contribution in [0.25, 0.3) is 0 Å². The van der Waals surface area contributed by atoms with Gasteiger partial charge < -0.3 is 14.6 Å². The van der Waals surface area contributed by atoms with Crippen LogP contribution in [0.1, 0.15) is 5.56 Å². The summed E-state index contributed by atoms with van der Waals surface area (Å²) in [6.07, 6.45) is -0.143. The zero-order valence-corrected chi connectivity index (χ0v) is 11.8. The smallest absolute Gasteiger partial charge is 0.412 e. The number of nitrogens with zero attached hydrogens (tertiary/aromatic N) is 2. The van der Waals surface area contributed by atoms with E-state index in [0.717, 1.165) is 6.20 Å². The van der Waals surface area contributed by atoms with Gasteiger partial charge in [-0.2, -0.15) is 4.98 Å². The van der Waals surface area contributed by atoms with Crippen LogP contribution in [0.3, 0.4) is 0 Å². The van der Waals surface area contributed by atoms with Gasteiger partial charge in [-0.3, -0.25) is 5.32 Å². The van der Waals surface area contributed by atoms with E-state index in [1.807, 2.05) is 0 Å². The van der Waals surface area contributed by atoms with Crippen molar-refractivity contribution in [3.8, 4) is 6.01 Å². The van der Waals surface area contributed by atoms with Crippen LogP contribution in [0.5, 0.6) is 6.01 Å². The van der Waals surface area contributed by atoms with Gasteiger partial charge in [-0.05, 0) is 17.7 Å². The highest BCUT2D eigenvalue weighted by molar-refractivity contribution is 5.83. The average molecular weight is 325 g/mol. The maximum absolute atomic E-state index is 13.5. The quantitative estimate of drug-likeness (QED) is 0.842. The summed E-state index contributed by atoms with van der Waals surface area (Å²) in [5, 5.41) is 10.6. The molecule has 1 aromatic heterocycles. The lowest BCUT2D eigenvalue weighted by Crippen LogP contribution is -2.18. The van der Waals surface area contributed by atoms with Crippen molar-refractivity contribution >= 4 is 11.9 Å². The van der Waals surface area contributed by atoms with Crippen molar-refractivity contribution in [1.82, 2.24) is 9.97 Å². The number of anilines is 1. The fourth-order valence-corrected chi connectivity index (χ4v) is 1.51. The molecule has 122 valence electrons. The van der Waals surface area contributed by atoms with Crippen LogP contribution < -0.4 is 10.1 Å².